The number of nitrogens with two attached hydrogens (primary N) is 1. The molecular weight excluding hydrogens is 242 g/mol. The Morgan fingerprint density at radius 1 is 1.32 bits per heavy atom. The van der Waals surface area contributed by atoms with Crippen LogP contribution in [0.1, 0.15) is 10.4 Å². The largest absolute Gasteiger partial charge is 0.465 e. The summed E-state index contributed by atoms with van der Waals surface area (Å²) >= 11 is 0. The number of para-hydroxylation sites is 1. The number of benzene rings is 1. The lowest BCUT2D eigenvalue weighted by Gasteiger charge is -2.20. The third-order valence-electron chi connectivity index (χ3n) is 2.75. The molecule has 2 N–H and O–H groups in total. The van der Waals surface area contributed by atoms with Gasteiger partial charge in [0.15, 0.2) is 0 Å². The van der Waals surface area contributed by atoms with Gasteiger partial charge >= 0.3 is 5.97 Å². The molecular formula is C14H15N3O2. The van der Waals surface area contributed by atoms with Gasteiger partial charge in [0.25, 0.3) is 0 Å². The second-order valence-electron chi connectivity index (χ2n) is 4.03. The number of nitrogen functional groups attached to an aromatic ring is 1. The number of aromatic nitrogens is 1. The van der Waals surface area contributed by atoms with E-state index in [0.29, 0.717) is 17.1 Å². The number of carbonyl (C=O) groups excluding carboxylic acids is 1. The third kappa shape index (κ3) is 2.65. The maximum absolute atomic E-state index is 11.8. The van der Waals surface area contributed by atoms with E-state index < -0.39 is 5.97 Å². The molecule has 0 aliphatic heterocycles. The standard InChI is InChI=1S/C14H15N3O2/c1-17(11-6-4-3-5-7-11)13-12(14(18)19-2)8-10(15)9-16-13/h3-9H,15H2,1-2H3. The van der Waals surface area contributed by atoms with E-state index in [1.54, 1.807) is 6.07 Å². The second-order valence-corrected chi connectivity index (χ2v) is 4.03. The minimum Gasteiger partial charge on any atom is -0.465 e. The highest BCUT2D eigenvalue weighted by atomic mass is 16.5. The zero-order valence-corrected chi connectivity index (χ0v) is 10.8. The highest BCUT2D eigenvalue weighted by Crippen LogP contribution is 2.26. The first-order valence-electron chi connectivity index (χ1n) is 5.76. The van der Waals surface area contributed by atoms with Crippen molar-refractivity contribution in [1.82, 2.24) is 4.98 Å². The fourth-order valence-electron chi connectivity index (χ4n) is 1.78. The number of anilines is 3. The Morgan fingerprint density at radius 2 is 2.00 bits per heavy atom. The van der Waals surface area contributed by atoms with Crippen LogP contribution in [0, 0.1) is 0 Å². The molecule has 0 aliphatic rings. The lowest BCUT2D eigenvalue weighted by molar-refractivity contribution is 0.0601. The van der Waals surface area contributed by atoms with Crippen molar-refractivity contribution in [2.45, 2.75) is 0 Å². The summed E-state index contributed by atoms with van der Waals surface area (Å²) in [6, 6.07) is 11.2. The summed E-state index contributed by atoms with van der Waals surface area (Å²) in [6.07, 6.45) is 1.52. The van der Waals surface area contributed by atoms with Crippen molar-refractivity contribution in [2.24, 2.45) is 0 Å². The van der Waals surface area contributed by atoms with E-state index in [1.165, 1.54) is 13.3 Å². The van der Waals surface area contributed by atoms with Crippen LogP contribution in [0.15, 0.2) is 42.6 Å². The molecule has 1 aromatic heterocycles. The number of carbonyl (C=O) groups is 1. The fraction of sp³-hybridized carbons (Fsp3) is 0.143. The number of pyridine rings is 1. The minimum absolute atomic E-state index is 0.342. The van der Waals surface area contributed by atoms with Crippen molar-refractivity contribution in [3.8, 4) is 0 Å². The molecule has 0 amide bonds. The lowest BCUT2D eigenvalue weighted by atomic mass is 10.2. The van der Waals surface area contributed by atoms with E-state index in [2.05, 4.69) is 4.98 Å². The Labute approximate surface area is 111 Å². The van der Waals surface area contributed by atoms with Crippen LogP contribution in [0.5, 0.6) is 0 Å². The van der Waals surface area contributed by atoms with Crippen molar-refractivity contribution >= 4 is 23.2 Å². The van der Waals surface area contributed by atoms with Crippen LogP contribution in [0.25, 0.3) is 0 Å². The first kappa shape index (κ1) is 12.9. The molecule has 0 aliphatic carbocycles. The molecule has 0 spiro atoms. The summed E-state index contributed by atoms with van der Waals surface area (Å²) in [5.74, 6) is 0.0461. The van der Waals surface area contributed by atoms with Crippen LogP contribution in [-0.4, -0.2) is 25.1 Å². The maximum atomic E-state index is 11.8. The summed E-state index contributed by atoms with van der Waals surface area (Å²) in [7, 11) is 3.16. The van der Waals surface area contributed by atoms with Crippen molar-refractivity contribution in [3.05, 3.63) is 48.2 Å². The minimum atomic E-state index is -0.461. The van der Waals surface area contributed by atoms with E-state index in [-0.39, 0.29) is 0 Å². The number of rotatable bonds is 3. The molecule has 19 heavy (non-hydrogen) atoms. The van der Waals surface area contributed by atoms with Crippen LogP contribution in [0.4, 0.5) is 17.2 Å². The van der Waals surface area contributed by atoms with Gasteiger partial charge in [-0.1, -0.05) is 18.2 Å². The van der Waals surface area contributed by atoms with Crippen molar-refractivity contribution in [1.29, 1.82) is 0 Å². The number of nitrogens with zero attached hydrogens (tertiary/aromatic N) is 2. The van der Waals surface area contributed by atoms with Gasteiger partial charge < -0.3 is 15.4 Å². The van der Waals surface area contributed by atoms with Gasteiger partial charge in [-0.2, -0.15) is 0 Å². The van der Waals surface area contributed by atoms with Crippen LogP contribution < -0.4 is 10.6 Å². The number of esters is 1. The maximum Gasteiger partial charge on any atom is 0.341 e. The molecule has 0 saturated heterocycles. The Morgan fingerprint density at radius 3 is 2.63 bits per heavy atom. The Kier molecular flexibility index (Phi) is 3.66. The molecule has 0 unspecified atom stereocenters. The number of hydrogen-bond acceptors (Lipinski definition) is 5. The molecule has 2 aromatic rings. The second kappa shape index (κ2) is 5.39. The predicted molar refractivity (Wildman–Crippen MR) is 74.5 cm³/mol. The molecule has 98 valence electrons. The molecule has 1 heterocycles. The van der Waals surface area contributed by atoms with Crippen molar-refractivity contribution < 1.29 is 9.53 Å². The SMILES string of the molecule is COC(=O)c1cc(N)cnc1N(C)c1ccccc1. The Hall–Kier alpha value is -2.56. The number of methoxy groups -OCH3 is 1. The molecule has 0 atom stereocenters. The van der Waals surface area contributed by atoms with Crippen LogP contribution in [-0.2, 0) is 4.74 Å². The molecule has 0 radical (unpaired) electrons. The first-order valence-corrected chi connectivity index (χ1v) is 5.76. The smallest absolute Gasteiger partial charge is 0.341 e. The van der Waals surface area contributed by atoms with Gasteiger partial charge in [-0.15, -0.1) is 0 Å². The van der Waals surface area contributed by atoms with E-state index in [1.807, 2.05) is 42.3 Å². The summed E-state index contributed by atoms with van der Waals surface area (Å²) in [5, 5.41) is 0. The van der Waals surface area contributed by atoms with Crippen molar-refractivity contribution in [2.75, 3.05) is 24.8 Å². The molecule has 0 bridgehead atoms. The average Bonchev–Trinajstić information content (AvgIpc) is 2.46. The molecule has 0 fully saturated rings. The number of ether oxygens (including phenoxy) is 1. The lowest BCUT2D eigenvalue weighted by Crippen LogP contribution is -2.17. The van der Waals surface area contributed by atoms with E-state index in [0.717, 1.165) is 5.69 Å². The van der Waals surface area contributed by atoms with Crippen LogP contribution in [0.3, 0.4) is 0 Å². The Bertz CT molecular complexity index is 584. The zero-order valence-electron chi connectivity index (χ0n) is 10.8. The zero-order chi connectivity index (χ0) is 13.8. The topological polar surface area (TPSA) is 68.5 Å². The summed E-state index contributed by atoms with van der Waals surface area (Å²) in [6.45, 7) is 0. The van der Waals surface area contributed by atoms with Crippen LogP contribution >= 0.6 is 0 Å². The van der Waals surface area contributed by atoms with Gasteiger partial charge in [0, 0.05) is 12.7 Å². The van der Waals surface area contributed by atoms with Gasteiger partial charge in [0.1, 0.15) is 11.4 Å². The van der Waals surface area contributed by atoms with Gasteiger partial charge in [-0.3, -0.25) is 0 Å². The predicted octanol–water partition coefficient (Wildman–Crippen LogP) is 2.22. The fourth-order valence-corrected chi connectivity index (χ4v) is 1.78. The van der Waals surface area contributed by atoms with E-state index in [9.17, 15) is 4.79 Å². The normalized spacial score (nSPS) is 10.0. The highest BCUT2D eigenvalue weighted by molar-refractivity contribution is 5.96. The van der Waals surface area contributed by atoms with Gasteiger partial charge in [0.2, 0.25) is 0 Å². The molecule has 5 heteroatoms. The van der Waals surface area contributed by atoms with Gasteiger partial charge in [-0.05, 0) is 18.2 Å². The van der Waals surface area contributed by atoms with Gasteiger partial charge in [-0.25, -0.2) is 9.78 Å². The monoisotopic (exact) mass is 257 g/mol. The summed E-state index contributed by atoms with van der Waals surface area (Å²) in [4.78, 5) is 17.8. The molecule has 1 aromatic carbocycles. The highest BCUT2D eigenvalue weighted by Gasteiger charge is 2.17. The van der Waals surface area contributed by atoms with Gasteiger partial charge in [0.05, 0.1) is 19.0 Å². The average molecular weight is 257 g/mol. The number of hydrogen-bond donors (Lipinski definition) is 1. The van der Waals surface area contributed by atoms with Crippen molar-refractivity contribution in [3.63, 3.8) is 0 Å². The molecule has 0 saturated carbocycles. The van der Waals surface area contributed by atoms with E-state index in [4.69, 9.17) is 10.5 Å². The Balaban J connectivity index is 2.47. The van der Waals surface area contributed by atoms with Crippen LogP contribution in [0.2, 0.25) is 0 Å². The summed E-state index contributed by atoms with van der Waals surface area (Å²) < 4.78 is 4.76. The quantitative estimate of drug-likeness (QED) is 0.854. The summed E-state index contributed by atoms with van der Waals surface area (Å²) in [5.41, 5.74) is 7.35. The molecule has 5 nitrogen and oxygen atoms in total. The first-order chi connectivity index (χ1) is 9.13. The molecule has 2 rings (SSSR count). The third-order valence-corrected chi connectivity index (χ3v) is 2.75. The van der Waals surface area contributed by atoms with E-state index >= 15 is 0 Å².